The molecule has 3 atom stereocenters. The third-order valence-electron chi connectivity index (χ3n) is 6.07. The van der Waals surface area contributed by atoms with Crippen molar-refractivity contribution >= 4 is 15.9 Å². The Morgan fingerprint density at radius 1 is 1.20 bits per heavy atom. The van der Waals surface area contributed by atoms with Crippen LogP contribution in [-0.4, -0.2) is 60.0 Å². The third kappa shape index (κ3) is 5.84. The molecule has 0 spiro atoms. The number of hydrogen-bond donors (Lipinski definition) is 2. The van der Waals surface area contributed by atoms with Crippen molar-refractivity contribution < 1.29 is 35.9 Å². The first-order valence-corrected chi connectivity index (χ1v) is 12.7. The molecule has 0 aliphatic carbocycles. The van der Waals surface area contributed by atoms with E-state index in [9.17, 15) is 27.1 Å². The van der Waals surface area contributed by atoms with Crippen LogP contribution in [0.2, 0.25) is 0 Å². The molecular formula is C24H28F4N2O4S. The highest BCUT2D eigenvalue weighted by molar-refractivity contribution is 7.89. The number of carbonyl (C=O) groups is 1. The monoisotopic (exact) mass is 516 g/mol. The van der Waals surface area contributed by atoms with Crippen molar-refractivity contribution in [3.8, 4) is 11.1 Å². The van der Waals surface area contributed by atoms with Gasteiger partial charge in [-0.2, -0.15) is 0 Å². The van der Waals surface area contributed by atoms with Gasteiger partial charge in [0.15, 0.2) is 0 Å². The first-order valence-electron chi connectivity index (χ1n) is 11.0. The molecule has 35 heavy (non-hydrogen) atoms. The average molecular weight is 517 g/mol. The molecule has 1 fully saturated rings. The molecule has 3 rings (SSSR count). The van der Waals surface area contributed by atoms with E-state index in [2.05, 4.69) is 4.72 Å². The van der Waals surface area contributed by atoms with Crippen molar-refractivity contribution in [2.75, 3.05) is 12.3 Å². The Labute approximate surface area is 202 Å². The minimum atomic E-state index is -3.92. The van der Waals surface area contributed by atoms with E-state index in [1.807, 2.05) is 0 Å². The van der Waals surface area contributed by atoms with Crippen LogP contribution in [0.25, 0.3) is 11.1 Å². The summed E-state index contributed by atoms with van der Waals surface area (Å²) in [5.74, 6) is -3.85. The van der Waals surface area contributed by atoms with Gasteiger partial charge in [-0.15, -0.1) is 0 Å². The van der Waals surface area contributed by atoms with Gasteiger partial charge in [-0.3, -0.25) is 4.79 Å². The Bertz CT molecular complexity index is 1210. The number of aliphatic hydroxyl groups is 1. The Balaban J connectivity index is 2.08. The average Bonchev–Trinajstić information content (AvgIpc) is 2.97. The Morgan fingerprint density at radius 3 is 2.34 bits per heavy atom. The third-order valence-corrected chi connectivity index (χ3v) is 7.44. The molecule has 2 unspecified atom stereocenters. The number of sulfonamides is 1. The maximum absolute atomic E-state index is 15.6. The number of hydrogen-bond acceptors (Lipinski definition) is 4. The second-order valence-electron chi connectivity index (χ2n) is 9.48. The topological polar surface area (TPSA) is 86.7 Å². The number of halogens is 4. The highest BCUT2D eigenvalue weighted by atomic mass is 32.2. The van der Waals surface area contributed by atoms with Gasteiger partial charge >= 0.3 is 0 Å². The molecule has 0 aromatic heterocycles. The van der Waals surface area contributed by atoms with Crippen molar-refractivity contribution in [1.29, 1.82) is 0 Å². The van der Waals surface area contributed by atoms with Gasteiger partial charge in [-0.05, 0) is 57.4 Å². The van der Waals surface area contributed by atoms with Crippen molar-refractivity contribution in [1.82, 2.24) is 9.62 Å². The van der Waals surface area contributed by atoms with Crippen LogP contribution < -0.4 is 4.72 Å². The number of carbonyl (C=O) groups excluding carboxylic acids is 1. The summed E-state index contributed by atoms with van der Waals surface area (Å²) < 4.78 is 85.5. The minimum Gasteiger partial charge on any atom is -0.381 e. The number of nitrogens with one attached hydrogen (secondary N) is 1. The molecular weight excluding hydrogens is 488 g/mol. The zero-order valence-electron chi connectivity index (χ0n) is 19.8. The van der Waals surface area contributed by atoms with Gasteiger partial charge < -0.3 is 10.0 Å². The SMILES string of the molecule is CCS(=O)(=O)NC1[C@H](Cc2cccc(-c3cc(F)cc(F)c3)c2F)N(C(=O)C(C)(C)O)CC1(C)F. The van der Waals surface area contributed by atoms with Crippen LogP contribution in [0.1, 0.15) is 33.3 Å². The van der Waals surface area contributed by atoms with Crippen LogP contribution in [0.15, 0.2) is 36.4 Å². The summed E-state index contributed by atoms with van der Waals surface area (Å²) in [6, 6.07) is 4.05. The van der Waals surface area contributed by atoms with Gasteiger partial charge in [-0.1, -0.05) is 18.2 Å². The van der Waals surface area contributed by atoms with Gasteiger partial charge in [0, 0.05) is 11.6 Å². The standard InChI is InChI=1S/C24H28F4N2O4S/c1-5-35(33,34)29-21-19(30(13-24(21,4)28)22(31)23(2,3)32)11-14-7-6-8-18(20(14)27)15-9-16(25)12-17(26)10-15/h6-10,12,19,21,29,32H,5,11,13H2,1-4H3/t19-,21?,24?/m0/s1. The lowest BCUT2D eigenvalue weighted by atomic mass is 9.92. The van der Waals surface area contributed by atoms with Gasteiger partial charge in [-0.25, -0.2) is 30.7 Å². The molecule has 2 N–H and O–H groups in total. The Hall–Kier alpha value is -2.50. The molecule has 1 aliphatic rings. The lowest BCUT2D eigenvalue weighted by Gasteiger charge is -2.32. The fraction of sp³-hybridized carbons (Fsp3) is 0.458. The molecule has 6 nitrogen and oxygen atoms in total. The molecule has 192 valence electrons. The van der Waals surface area contributed by atoms with E-state index in [4.69, 9.17) is 0 Å². The second-order valence-corrected chi connectivity index (χ2v) is 11.5. The molecule has 1 aliphatic heterocycles. The van der Waals surface area contributed by atoms with E-state index in [0.717, 1.165) is 24.0 Å². The first kappa shape index (κ1) is 27.1. The molecule has 11 heteroatoms. The van der Waals surface area contributed by atoms with E-state index in [1.165, 1.54) is 39.0 Å². The van der Waals surface area contributed by atoms with Gasteiger partial charge in [0.2, 0.25) is 10.0 Å². The number of benzene rings is 2. The highest BCUT2D eigenvalue weighted by Crippen LogP contribution is 2.36. The lowest BCUT2D eigenvalue weighted by molar-refractivity contribution is -0.149. The van der Waals surface area contributed by atoms with E-state index >= 15 is 8.78 Å². The quantitative estimate of drug-likeness (QED) is 0.553. The van der Waals surface area contributed by atoms with Crippen LogP contribution in [0.5, 0.6) is 0 Å². The summed E-state index contributed by atoms with van der Waals surface area (Å²) in [7, 11) is -3.92. The van der Waals surface area contributed by atoms with Crippen LogP contribution in [-0.2, 0) is 21.2 Å². The number of alkyl halides is 1. The highest BCUT2D eigenvalue weighted by Gasteiger charge is 2.55. The molecule has 1 amide bonds. The maximum atomic E-state index is 15.6. The second kappa shape index (κ2) is 9.51. The summed E-state index contributed by atoms with van der Waals surface area (Å²) in [4.78, 5) is 13.9. The fourth-order valence-electron chi connectivity index (χ4n) is 4.30. The van der Waals surface area contributed by atoms with Crippen LogP contribution in [0.3, 0.4) is 0 Å². The number of rotatable bonds is 7. The largest absolute Gasteiger partial charge is 0.381 e. The van der Waals surface area contributed by atoms with Crippen molar-refractivity contribution in [2.24, 2.45) is 0 Å². The number of likely N-dealkylation sites (tertiary alicyclic amines) is 1. The first-order chi connectivity index (χ1) is 16.1. The predicted octanol–water partition coefficient (Wildman–Crippen LogP) is 3.33. The van der Waals surface area contributed by atoms with E-state index < -0.39 is 63.3 Å². The normalized spacial score (nSPS) is 23.1. The summed E-state index contributed by atoms with van der Waals surface area (Å²) in [6.07, 6.45) is -0.324. The minimum absolute atomic E-state index is 0.0240. The fourth-order valence-corrected chi connectivity index (χ4v) is 5.26. The van der Waals surface area contributed by atoms with Crippen molar-refractivity contribution in [2.45, 2.75) is 57.5 Å². The maximum Gasteiger partial charge on any atom is 0.254 e. The molecule has 1 saturated heterocycles. The van der Waals surface area contributed by atoms with Gasteiger partial charge in [0.1, 0.15) is 28.7 Å². The van der Waals surface area contributed by atoms with E-state index in [1.54, 1.807) is 0 Å². The Morgan fingerprint density at radius 2 is 1.80 bits per heavy atom. The molecule has 2 aromatic rings. The van der Waals surface area contributed by atoms with Crippen LogP contribution in [0, 0.1) is 17.5 Å². The summed E-state index contributed by atoms with van der Waals surface area (Å²) in [5.41, 5.74) is -4.33. The molecule has 2 aromatic carbocycles. The number of nitrogens with zero attached hydrogens (tertiary/aromatic N) is 1. The molecule has 1 heterocycles. The molecule has 0 bridgehead atoms. The van der Waals surface area contributed by atoms with Gasteiger partial charge in [0.05, 0.1) is 24.4 Å². The van der Waals surface area contributed by atoms with Crippen molar-refractivity contribution in [3.05, 3.63) is 59.4 Å². The zero-order chi connectivity index (χ0) is 26.3. The van der Waals surface area contributed by atoms with E-state index in [-0.39, 0.29) is 28.9 Å². The zero-order valence-corrected chi connectivity index (χ0v) is 20.6. The molecule has 0 saturated carbocycles. The summed E-state index contributed by atoms with van der Waals surface area (Å²) in [5, 5.41) is 10.3. The van der Waals surface area contributed by atoms with Gasteiger partial charge in [0.25, 0.3) is 5.91 Å². The smallest absolute Gasteiger partial charge is 0.254 e. The van der Waals surface area contributed by atoms with Crippen LogP contribution >= 0.6 is 0 Å². The number of amides is 1. The summed E-state index contributed by atoms with van der Waals surface area (Å²) in [6.45, 7) is 4.38. The van der Waals surface area contributed by atoms with E-state index in [0.29, 0.717) is 6.07 Å². The van der Waals surface area contributed by atoms with Crippen molar-refractivity contribution in [3.63, 3.8) is 0 Å². The van der Waals surface area contributed by atoms with Crippen LogP contribution in [0.4, 0.5) is 17.6 Å². The summed E-state index contributed by atoms with van der Waals surface area (Å²) >= 11 is 0. The lowest BCUT2D eigenvalue weighted by Crippen LogP contribution is -2.54. The predicted molar refractivity (Wildman–Crippen MR) is 123 cm³/mol. The molecule has 0 radical (unpaired) electrons. The Kier molecular flexibility index (Phi) is 7.36.